The lowest BCUT2D eigenvalue weighted by molar-refractivity contribution is 0.327. The molecule has 0 aromatic carbocycles. The Balaban J connectivity index is 2.30. The van der Waals surface area contributed by atoms with Crippen LogP contribution in [0.15, 0.2) is 33.2 Å². The van der Waals surface area contributed by atoms with Crippen LogP contribution in [0.2, 0.25) is 0 Å². The van der Waals surface area contributed by atoms with Crippen LogP contribution in [-0.4, -0.2) is 76.8 Å². The molecule has 1 aliphatic rings. The van der Waals surface area contributed by atoms with Gasteiger partial charge in [-0.05, 0) is 25.0 Å². The first-order valence-corrected chi connectivity index (χ1v) is 10.8. The number of guanidine groups is 3. The standard InChI is InChI=1S/C21H29N13/c22-14-28-19(25)32-8-2-10-33(20(26)29-15-23)12-6-17-4-1-5-18(31-17)7-13-34(11-3-9-32)21(27)30-16-24/h1,4-5H,2-3,6-13H2,(H2,25,28)(H2,26,29)(H2,27,30). The Labute approximate surface area is 199 Å². The molecule has 1 aromatic heterocycles. The highest BCUT2D eigenvalue weighted by molar-refractivity contribution is 5.80. The Bertz CT molecular complexity index is 961. The topological polar surface area (TPSA) is 209 Å². The number of nitriles is 3. The van der Waals surface area contributed by atoms with Gasteiger partial charge in [-0.1, -0.05) is 6.07 Å². The molecule has 0 atom stereocenters. The fourth-order valence-electron chi connectivity index (χ4n) is 3.60. The van der Waals surface area contributed by atoms with Crippen LogP contribution in [-0.2, 0) is 12.8 Å². The molecule has 2 rings (SSSR count). The molecule has 1 aliphatic heterocycles. The van der Waals surface area contributed by atoms with Crippen molar-refractivity contribution < 1.29 is 0 Å². The van der Waals surface area contributed by atoms with Crippen LogP contribution in [0.3, 0.4) is 0 Å². The summed E-state index contributed by atoms with van der Waals surface area (Å²) in [5, 5.41) is 26.8. The molecule has 2 bridgehead atoms. The quantitative estimate of drug-likeness (QED) is 0.249. The summed E-state index contributed by atoms with van der Waals surface area (Å²) in [5.41, 5.74) is 19.8. The summed E-state index contributed by atoms with van der Waals surface area (Å²) in [6.45, 7) is 3.15. The number of hydrogen-bond acceptors (Lipinski definition) is 7. The molecular formula is C21H29N13. The Morgan fingerprint density at radius 1 is 0.676 bits per heavy atom. The predicted molar refractivity (Wildman–Crippen MR) is 127 cm³/mol. The molecule has 6 N–H and O–H groups in total. The van der Waals surface area contributed by atoms with Gasteiger partial charge in [0.2, 0.25) is 36.5 Å². The molecular weight excluding hydrogens is 434 g/mol. The average Bonchev–Trinajstić information content (AvgIpc) is 2.82. The summed E-state index contributed by atoms with van der Waals surface area (Å²) >= 11 is 0. The minimum Gasteiger partial charge on any atom is -0.369 e. The Morgan fingerprint density at radius 3 is 1.38 bits per heavy atom. The van der Waals surface area contributed by atoms with Crippen LogP contribution in [0.1, 0.15) is 24.2 Å². The number of nitrogens with zero attached hydrogens (tertiary/aromatic N) is 10. The Kier molecular flexibility index (Phi) is 10.4. The zero-order valence-electron chi connectivity index (χ0n) is 19.0. The second kappa shape index (κ2) is 13.8. The summed E-state index contributed by atoms with van der Waals surface area (Å²) in [6.07, 6.45) is 7.68. The molecule has 13 nitrogen and oxygen atoms in total. The predicted octanol–water partition coefficient (Wildman–Crippen LogP) is -0.746. The summed E-state index contributed by atoms with van der Waals surface area (Å²) < 4.78 is 0. The molecule has 0 spiro atoms. The van der Waals surface area contributed by atoms with Crippen molar-refractivity contribution in [3.63, 3.8) is 0 Å². The highest BCUT2D eigenvalue weighted by Crippen LogP contribution is 2.07. The van der Waals surface area contributed by atoms with Gasteiger partial charge in [-0.25, -0.2) is 0 Å². The van der Waals surface area contributed by atoms with Gasteiger partial charge in [-0.15, -0.1) is 15.0 Å². The fraction of sp³-hybridized carbons (Fsp3) is 0.476. The molecule has 0 saturated carbocycles. The fourth-order valence-corrected chi connectivity index (χ4v) is 3.60. The lowest BCUT2D eigenvalue weighted by atomic mass is 10.2. The molecule has 2 heterocycles. The first-order chi connectivity index (χ1) is 16.5. The number of nitrogens with two attached hydrogens (primary N) is 3. The van der Waals surface area contributed by atoms with Crippen molar-refractivity contribution in [3.05, 3.63) is 29.6 Å². The first-order valence-electron chi connectivity index (χ1n) is 10.8. The van der Waals surface area contributed by atoms with E-state index in [0.29, 0.717) is 65.0 Å². The van der Waals surface area contributed by atoms with Gasteiger partial charge in [-0.2, -0.15) is 15.8 Å². The van der Waals surface area contributed by atoms with Gasteiger partial charge < -0.3 is 31.9 Å². The highest BCUT2D eigenvalue weighted by atomic mass is 15.3. The van der Waals surface area contributed by atoms with Gasteiger partial charge in [0, 0.05) is 63.5 Å². The van der Waals surface area contributed by atoms with E-state index >= 15 is 0 Å². The average molecular weight is 464 g/mol. The number of fused-ring (bicyclic) bond motifs is 2. The van der Waals surface area contributed by atoms with E-state index in [0.717, 1.165) is 11.4 Å². The van der Waals surface area contributed by atoms with Crippen LogP contribution < -0.4 is 17.2 Å². The van der Waals surface area contributed by atoms with E-state index in [1.165, 1.54) is 0 Å². The van der Waals surface area contributed by atoms with Crippen LogP contribution in [0.25, 0.3) is 0 Å². The third-order valence-electron chi connectivity index (χ3n) is 5.32. The number of aromatic nitrogens is 1. The third kappa shape index (κ3) is 8.17. The number of aliphatic imine (C=N–C) groups is 3. The smallest absolute Gasteiger partial charge is 0.209 e. The van der Waals surface area contributed by atoms with Crippen molar-refractivity contribution in [3.8, 4) is 18.6 Å². The lowest BCUT2D eigenvalue weighted by Crippen LogP contribution is -2.44. The van der Waals surface area contributed by atoms with Crippen molar-refractivity contribution in [2.24, 2.45) is 32.2 Å². The molecule has 13 heteroatoms. The van der Waals surface area contributed by atoms with E-state index < -0.39 is 0 Å². The molecule has 0 saturated heterocycles. The normalized spacial score (nSPS) is 17.4. The van der Waals surface area contributed by atoms with Gasteiger partial charge in [0.25, 0.3) is 0 Å². The summed E-state index contributed by atoms with van der Waals surface area (Å²) in [7, 11) is 0. The Morgan fingerprint density at radius 2 is 1.03 bits per heavy atom. The second-order valence-electron chi connectivity index (χ2n) is 7.50. The zero-order chi connectivity index (χ0) is 24.8. The largest absolute Gasteiger partial charge is 0.369 e. The van der Waals surface area contributed by atoms with E-state index in [9.17, 15) is 0 Å². The van der Waals surface area contributed by atoms with Crippen molar-refractivity contribution in [2.45, 2.75) is 25.7 Å². The van der Waals surface area contributed by atoms with Crippen molar-refractivity contribution >= 4 is 17.9 Å². The maximum Gasteiger partial charge on any atom is 0.209 e. The molecule has 0 fully saturated rings. The molecule has 178 valence electrons. The van der Waals surface area contributed by atoms with Gasteiger partial charge in [0.1, 0.15) is 0 Å². The maximum atomic E-state index is 8.92. The number of rotatable bonds is 0. The second-order valence-corrected chi connectivity index (χ2v) is 7.50. The van der Waals surface area contributed by atoms with Gasteiger partial charge in [0.05, 0.1) is 0 Å². The van der Waals surface area contributed by atoms with Crippen molar-refractivity contribution in [1.82, 2.24) is 19.7 Å². The molecule has 34 heavy (non-hydrogen) atoms. The Hall–Kier alpha value is -4.57. The summed E-state index contributed by atoms with van der Waals surface area (Å²) in [6, 6.07) is 5.82. The molecule has 0 unspecified atom stereocenters. The van der Waals surface area contributed by atoms with E-state index in [1.807, 2.05) is 32.9 Å². The SMILES string of the molecule is N#CN=C(N)N1CCCN(C(N)=NC#N)CCc2cccc(n2)CCN(C(N)=NC#N)CCC1. The maximum absolute atomic E-state index is 8.92. The van der Waals surface area contributed by atoms with E-state index in [-0.39, 0.29) is 17.9 Å². The lowest BCUT2D eigenvalue weighted by Gasteiger charge is -2.28. The van der Waals surface area contributed by atoms with E-state index in [2.05, 4.69) is 15.0 Å². The highest BCUT2D eigenvalue weighted by Gasteiger charge is 2.15. The third-order valence-corrected chi connectivity index (χ3v) is 5.32. The molecule has 0 amide bonds. The van der Waals surface area contributed by atoms with Crippen LogP contribution in [0, 0.1) is 34.4 Å². The molecule has 0 aliphatic carbocycles. The van der Waals surface area contributed by atoms with E-state index in [1.54, 1.807) is 18.6 Å². The minimum absolute atomic E-state index is 0.123. The zero-order valence-corrected chi connectivity index (χ0v) is 19.0. The van der Waals surface area contributed by atoms with Crippen LogP contribution >= 0.6 is 0 Å². The van der Waals surface area contributed by atoms with Gasteiger partial charge in [0.15, 0.2) is 0 Å². The van der Waals surface area contributed by atoms with E-state index in [4.69, 9.17) is 38.0 Å². The first kappa shape index (κ1) is 25.7. The van der Waals surface area contributed by atoms with Crippen LogP contribution in [0.4, 0.5) is 0 Å². The van der Waals surface area contributed by atoms with Crippen molar-refractivity contribution in [1.29, 1.82) is 15.8 Å². The van der Waals surface area contributed by atoms with Crippen LogP contribution in [0.5, 0.6) is 0 Å². The molecule has 0 radical (unpaired) electrons. The monoisotopic (exact) mass is 463 g/mol. The number of hydrogen-bond donors (Lipinski definition) is 3. The van der Waals surface area contributed by atoms with Gasteiger partial charge >= 0.3 is 0 Å². The van der Waals surface area contributed by atoms with Gasteiger partial charge in [-0.3, -0.25) is 4.98 Å². The minimum atomic E-state index is 0.123. The number of pyridine rings is 1. The molecule has 1 aromatic rings. The summed E-state index contributed by atoms with van der Waals surface area (Å²) in [5.74, 6) is 0.416. The van der Waals surface area contributed by atoms with Crippen molar-refractivity contribution in [2.75, 3.05) is 39.3 Å². The summed E-state index contributed by atoms with van der Waals surface area (Å²) in [4.78, 5) is 21.2.